The van der Waals surface area contributed by atoms with Crippen LogP contribution in [0, 0.1) is 6.92 Å². The molecule has 2 heterocycles. The Bertz CT molecular complexity index is 771. The van der Waals surface area contributed by atoms with Crippen molar-refractivity contribution in [3.63, 3.8) is 0 Å². The number of aryl methyl sites for hydroxylation is 1. The van der Waals surface area contributed by atoms with Gasteiger partial charge in [0.1, 0.15) is 0 Å². The molecule has 0 aliphatic rings. The predicted octanol–water partition coefficient (Wildman–Crippen LogP) is 2.40. The van der Waals surface area contributed by atoms with Gasteiger partial charge in [0.15, 0.2) is 0 Å². The molecule has 0 atom stereocenters. The minimum absolute atomic E-state index is 0.0100. The maximum Gasteiger partial charge on any atom is 0.257 e. The fourth-order valence-corrected chi connectivity index (χ4v) is 2.08. The van der Waals surface area contributed by atoms with E-state index in [4.69, 9.17) is 11.6 Å². The second-order valence-electron chi connectivity index (χ2n) is 4.39. The molecule has 2 N–H and O–H groups in total. The topological polar surface area (TPSA) is 75.3 Å². The Morgan fingerprint density at radius 3 is 2.95 bits per heavy atom. The van der Waals surface area contributed by atoms with Crippen molar-refractivity contribution in [3.8, 4) is 5.88 Å². The summed E-state index contributed by atoms with van der Waals surface area (Å²) < 4.78 is 1.29. The van der Waals surface area contributed by atoms with E-state index in [1.54, 1.807) is 6.92 Å². The molecule has 2 aromatic heterocycles. The Hall–Kier alpha value is -2.34. The summed E-state index contributed by atoms with van der Waals surface area (Å²) in [4.78, 5) is 8.40. The van der Waals surface area contributed by atoms with Crippen LogP contribution in [0.2, 0.25) is 5.02 Å². The van der Waals surface area contributed by atoms with E-state index in [9.17, 15) is 5.11 Å². The largest absolute Gasteiger partial charge is 0.493 e. The summed E-state index contributed by atoms with van der Waals surface area (Å²) in [6.45, 7) is 2.32. The maximum atomic E-state index is 9.76. The number of anilines is 1. The van der Waals surface area contributed by atoms with E-state index in [2.05, 4.69) is 20.4 Å². The van der Waals surface area contributed by atoms with Gasteiger partial charge < -0.3 is 10.4 Å². The van der Waals surface area contributed by atoms with Gasteiger partial charge in [0.25, 0.3) is 5.78 Å². The first-order valence-electron chi connectivity index (χ1n) is 6.03. The number of aromatic nitrogens is 4. The third kappa shape index (κ3) is 2.50. The van der Waals surface area contributed by atoms with Crippen molar-refractivity contribution in [1.29, 1.82) is 0 Å². The van der Waals surface area contributed by atoms with Crippen LogP contribution in [0.3, 0.4) is 0 Å². The number of fused-ring (bicyclic) bond motifs is 1. The molecule has 6 nitrogen and oxygen atoms in total. The molecule has 0 spiro atoms. The van der Waals surface area contributed by atoms with E-state index in [-0.39, 0.29) is 5.88 Å². The molecule has 0 unspecified atom stereocenters. The minimum atomic E-state index is 0.0100. The fourth-order valence-electron chi connectivity index (χ4n) is 1.87. The van der Waals surface area contributed by atoms with Crippen LogP contribution in [0.5, 0.6) is 5.88 Å². The summed E-state index contributed by atoms with van der Waals surface area (Å²) in [6, 6.07) is 9.05. The Morgan fingerprint density at radius 1 is 1.30 bits per heavy atom. The zero-order valence-electron chi connectivity index (χ0n) is 10.7. The molecule has 0 radical (unpaired) electrons. The second-order valence-corrected chi connectivity index (χ2v) is 4.82. The molecule has 0 amide bonds. The highest BCUT2D eigenvalue weighted by Gasteiger charge is 2.08. The van der Waals surface area contributed by atoms with Gasteiger partial charge in [-0.1, -0.05) is 23.7 Å². The van der Waals surface area contributed by atoms with Crippen molar-refractivity contribution < 1.29 is 5.11 Å². The first-order valence-corrected chi connectivity index (χ1v) is 6.41. The molecule has 0 fully saturated rings. The van der Waals surface area contributed by atoms with E-state index in [1.807, 2.05) is 24.3 Å². The van der Waals surface area contributed by atoms with Gasteiger partial charge in [-0.25, -0.2) is 4.98 Å². The van der Waals surface area contributed by atoms with Crippen LogP contribution < -0.4 is 5.32 Å². The third-order valence-corrected chi connectivity index (χ3v) is 3.00. The standard InChI is InChI=1S/C13H12ClN5O/c1-8-5-11(20)19-13(16-8)17-12(18-19)15-7-9-3-2-4-10(14)6-9/h2-6,20H,7H2,1H3,(H,15,18). The van der Waals surface area contributed by atoms with Gasteiger partial charge in [-0.15, -0.1) is 5.10 Å². The van der Waals surface area contributed by atoms with Gasteiger partial charge >= 0.3 is 0 Å². The second kappa shape index (κ2) is 4.97. The molecule has 3 rings (SSSR count). The molecular weight excluding hydrogens is 278 g/mol. The van der Waals surface area contributed by atoms with Crippen LogP contribution in [0.4, 0.5) is 5.95 Å². The van der Waals surface area contributed by atoms with Gasteiger partial charge in [-0.05, 0) is 24.6 Å². The van der Waals surface area contributed by atoms with Crippen molar-refractivity contribution >= 4 is 23.3 Å². The number of aromatic hydroxyl groups is 1. The van der Waals surface area contributed by atoms with Crippen LogP contribution in [0.25, 0.3) is 5.78 Å². The number of benzene rings is 1. The van der Waals surface area contributed by atoms with Gasteiger partial charge in [0, 0.05) is 23.3 Å². The maximum absolute atomic E-state index is 9.76. The molecule has 102 valence electrons. The van der Waals surface area contributed by atoms with Crippen LogP contribution in [0.15, 0.2) is 30.3 Å². The lowest BCUT2D eigenvalue weighted by Crippen LogP contribution is -2.01. The lowest BCUT2D eigenvalue weighted by molar-refractivity contribution is 0.434. The van der Waals surface area contributed by atoms with E-state index >= 15 is 0 Å². The van der Waals surface area contributed by atoms with Gasteiger partial charge in [0.2, 0.25) is 11.8 Å². The zero-order valence-corrected chi connectivity index (χ0v) is 11.5. The van der Waals surface area contributed by atoms with Crippen molar-refractivity contribution in [2.45, 2.75) is 13.5 Å². The lowest BCUT2D eigenvalue weighted by Gasteiger charge is -2.01. The molecule has 7 heteroatoms. The van der Waals surface area contributed by atoms with Crippen LogP contribution in [0.1, 0.15) is 11.3 Å². The highest BCUT2D eigenvalue weighted by atomic mass is 35.5. The summed E-state index contributed by atoms with van der Waals surface area (Å²) in [6.07, 6.45) is 0. The first kappa shape index (κ1) is 12.7. The van der Waals surface area contributed by atoms with Crippen LogP contribution >= 0.6 is 11.6 Å². The summed E-state index contributed by atoms with van der Waals surface area (Å²) in [5.41, 5.74) is 1.70. The molecular formula is C13H12ClN5O. The minimum Gasteiger partial charge on any atom is -0.493 e. The molecule has 0 aliphatic heterocycles. The fraction of sp³-hybridized carbons (Fsp3) is 0.154. The Kier molecular flexibility index (Phi) is 3.15. The molecule has 0 bridgehead atoms. The Morgan fingerprint density at radius 2 is 2.15 bits per heavy atom. The Labute approximate surface area is 120 Å². The van der Waals surface area contributed by atoms with Crippen molar-refractivity contribution in [3.05, 3.63) is 46.6 Å². The molecule has 0 saturated carbocycles. The number of hydrogen-bond acceptors (Lipinski definition) is 5. The normalized spacial score (nSPS) is 10.9. The highest BCUT2D eigenvalue weighted by Crippen LogP contribution is 2.15. The monoisotopic (exact) mass is 289 g/mol. The van der Waals surface area contributed by atoms with Gasteiger partial charge in [-0.2, -0.15) is 9.50 Å². The van der Waals surface area contributed by atoms with E-state index in [0.717, 1.165) is 5.56 Å². The molecule has 3 aromatic rings. The first-order chi connectivity index (χ1) is 9.61. The van der Waals surface area contributed by atoms with Gasteiger partial charge in [0.05, 0.1) is 0 Å². The summed E-state index contributed by atoms with van der Waals surface area (Å²) in [5, 5.41) is 17.7. The number of rotatable bonds is 3. The molecule has 1 aromatic carbocycles. The van der Waals surface area contributed by atoms with E-state index < -0.39 is 0 Å². The average molecular weight is 290 g/mol. The highest BCUT2D eigenvalue weighted by molar-refractivity contribution is 6.30. The number of hydrogen-bond donors (Lipinski definition) is 2. The summed E-state index contributed by atoms with van der Waals surface area (Å²) in [7, 11) is 0. The third-order valence-electron chi connectivity index (χ3n) is 2.76. The quantitative estimate of drug-likeness (QED) is 0.774. The average Bonchev–Trinajstić information content (AvgIpc) is 2.80. The predicted molar refractivity (Wildman–Crippen MR) is 76.0 cm³/mol. The van der Waals surface area contributed by atoms with Crippen molar-refractivity contribution in [2.24, 2.45) is 0 Å². The lowest BCUT2D eigenvalue weighted by atomic mass is 10.2. The molecule has 20 heavy (non-hydrogen) atoms. The van der Waals surface area contributed by atoms with Gasteiger partial charge in [-0.3, -0.25) is 0 Å². The molecule has 0 aliphatic carbocycles. The van der Waals surface area contributed by atoms with Crippen molar-refractivity contribution in [2.75, 3.05) is 5.32 Å². The Balaban J connectivity index is 1.83. The number of nitrogens with one attached hydrogen (secondary N) is 1. The van der Waals surface area contributed by atoms with Crippen LogP contribution in [-0.2, 0) is 6.54 Å². The zero-order chi connectivity index (χ0) is 14.1. The summed E-state index contributed by atoms with van der Waals surface area (Å²) >= 11 is 5.92. The number of nitrogens with zero attached hydrogens (tertiary/aromatic N) is 4. The number of halogens is 1. The summed E-state index contributed by atoms with van der Waals surface area (Å²) in [5.74, 6) is 0.769. The smallest absolute Gasteiger partial charge is 0.257 e. The molecule has 0 saturated heterocycles. The van der Waals surface area contributed by atoms with E-state index in [0.29, 0.717) is 29.0 Å². The van der Waals surface area contributed by atoms with E-state index in [1.165, 1.54) is 10.6 Å². The SMILES string of the molecule is Cc1cc(O)n2nc(NCc3cccc(Cl)c3)nc2n1. The van der Waals surface area contributed by atoms with Crippen LogP contribution in [-0.4, -0.2) is 24.7 Å². The van der Waals surface area contributed by atoms with Crippen molar-refractivity contribution in [1.82, 2.24) is 19.6 Å².